The number of aromatic carboxylic acids is 1. The van der Waals surface area contributed by atoms with E-state index in [1.165, 1.54) is 6.20 Å². The number of hydrogen-bond acceptors (Lipinski definition) is 3. The van der Waals surface area contributed by atoms with Crippen molar-refractivity contribution in [2.24, 2.45) is 0 Å². The fourth-order valence-electron chi connectivity index (χ4n) is 2.91. The molecule has 0 aliphatic heterocycles. The lowest BCUT2D eigenvalue weighted by molar-refractivity contribution is 0.0695. The van der Waals surface area contributed by atoms with Crippen molar-refractivity contribution in [2.75, 3.05) is 0 Å². The molecule has 0 fully saturated rings. The molecule has 1 aromatic carbocycles. The zero-order valence-corrected chi connectivity index (χ0v) is 13.8. The first-order valence-corrected chi connectivity index (χ1v) is 7.76. The minimum atomic E-state index is -1.20. The van der Waals surface area contributed by atoms with E-state index in [1.54, 1.807) is 10.6 Å². The molecule has 1 N–H and O–H groups in total. The number of aromatic nitrogens is 2. The Kier molecular flexibility index (Phi) is 3.93. The molecule has 2 aromatic heterocycles. The average molecular weight is 322 g/mol. The molecule has 0 spiro atoms. The third kappa shape index (κ3) is 2.58. The molecular formula is C19H18N2O3. The van der Waals surface area contributed by atoms with Crippen molar-refractivity contribution in [3.8, 4) is 11.1 Å². The summed E-state index contributed by atoms with van der Waals surface area (Å²) >= 11 is 0. The second kappa shape index (κ2) is 5.92. The van der Waals surface area contributed by atoms with Crippen LogP contribution < -0.4 is 5.43 Å². The molecule has 3 rings (SSSR count). The average Bonchev–Trinajstić information content (AvgIpc) is 2.57. The van der Waals surface area contributed by atoms with Gasteiger partial charge in [0.15, 0.2) is 0 Å². The first-order valence-electron chi connectivity index (χ1n) is 7.76. The van der Waals surface area contributed by atoms with Crippen LogP contribution in [0.1, 0.15) is 28.5 Å². The predicted octanol–water partition coefficient (Wildman–Crippen LogP) is 3.40. The Bertz CT molecular complexity index is 1020. The molecule has 0 aliphatic rings. The van der Waals surface area contributed by atoms with Gasteiger partial charge in [-0.05, 0) is 55.7 Å². The maximum Gasteiger partial charge on any atom is 0.341 e. The normalized spacial score (nSPS) is 11.0. The Hall–Kier alpha value is -2.95. The molecule has 0 unspecified atom stereocenters. The van der Waals surface area contributed by atoms with Gasteiger partial charge >= 0.3 is 5.97 Å². The van der Waals surface area contributed by atoms with E-state index in [1.807, 2.05) is 45.2 Å². The number of aryl methyl sites for hydroxylation is 3. The summed E-state index contributed by atoms with van der Waals surface area (Å²) in [6, 6.07) is 7.52. The molecule has 3 aromatic rings. The smallest absolute Gasteiger partial charge is 0.341 e. The molecule has 0 aliphatic carbocycles. The van der Waals surface area contributed by atoms with Crippen LogP contribution in [0.3, 0.4) is 0 Å². The van der Waals surface area contributed by atoms with Gasteiger partial charge in [0.05, 0.1) is 5.52 Å². The summed E-state index contributed by atoms with van der Waals surface area (Å²) in [6.07, 6.45) is 3.25. The molecule has 5 nitrogen and oxygen atoms in total. The second-order valence-electron chi connectivity index (χ2n) is 5.84. The first kappa shape index (κ1) is 15.9. The molecule has 24 heavy (non-hydrogen) atoms. The summed E-state index contributed by atoms with van der Waals surface area (Å²) in [7, 11) is 0. The van der Waals surface area contributed by atoms with Crippen LogP contribution in [-0.4, -0.2) is 20.6 Å². The Morgan fingerprint density at radius 1 is 1.25 bits per heavy atom. The van der Waals surface area contributed by atoms with E-state index >= 15 is 0 Å². The zero-order chi connectivity index (χ0) is 17.4. The Balaban J connectivity index is 2.33. The molecule has 0 radical (unpaired) electrons. The van der Waals surface area contributed by atoms with Gasteiger partial charge < -0.3 is 9.67 Å². The summed E-state index contributed by atoms with van der Waals surface area (Å²) in [5, 5.41) is 9.64. The van der Waals surface area contributed by atoms with Gasteiger partial charge in [-0.25, -0.2) is 4.79 Å². The van der Waals surface area contributed by atoms with Crippen molar-refractivity contribution < 1.29 is 9.90 Å². The number of carbonyl (C=O) groups is 1. The van der Waals surface area contributed by atoms with Gasteiger partial charge in [-0.3, -0.25) is 9.78 Å². The number of carboxylic acid groups (broad SMARTS) is 1. The van der Waals surface area contributed by atoms with Crippen molar-refractivity contribution in [3.05, 3.63) is 63.7 Å². The molecular weight excluding hydrogens is 304 g/mol. The fraction of sp³-hybridized carbons (Fsp3) is 0.211. The van der Waals surface area contributed by atoms with Gasteiger partial charge in [-0.2, -0.15) is 0 Å². The van der Waals surface area contributed by atoms with Crippen LogP contribution in [0.2, 0.25) is 0 Å². The number of benzene rings is 1. The van der Waals surface area contributed by atoms with Crippen molar-refractivity contribution >= 4 is 16.9 Å². The monoisotopic (exact) mass is 322 g/mol. The lowest BCUT2D eigenvalue weighted by Gasteiger charge is -2.13. The van der Waals surface area contributed by atoms with Gasteiger partial charge in [0, 0.05) is 30.0 Å². The molecule has 2 heterocycles. The van der Waals surface area contributed by atoms with E-state index in [0.29, 0.717) is 11.9 Å². The second-order valence-corrected chi connectivity index (χ2v) is 5.84. The Morgan fingerprint density at radius 3 is 2.67 bits per heavy atom. The largest absolute Gasteiger partial charge is 0.477 e. The highest BCUT2D eigenvalue weighted by atomic mass is 16.4. The van der Waals surface area contributed by atoms with Gasteiger partial charge in [0.2, 0.25) is 5.43 Å². The number of hydrogen-bond donors (Lipinski definition) is 1. The topological polar surface area (TPSA) is 72.2 Å². The third-order valence-corrected chi connectivity index (χ3v) is 4.20. The fourth-order valence-corrected chi connectivity index (χ4v) is 2.91. The van der Waals surface area contributed by atoms with Crippen molar-refractivity contribution in [3.63, 3.8) is 0 Å². The Labute approximate surface area is 139 Å². The lowest BCUT2D eigenvalue weighted by Crippen LogP contribution is -2.18. The molecule has 122 valence electrons. The van der Waals surface area contributed by atoms with E-state index in [0.717, 1.165) is 27.9 Å². The van der Waals surface area contributed by atoms with Crippen LogP contribution in [0.15, 0.2) is 41.5 Å². The summed E-state index contributed by atoms with van der Waals surface area (Å²) in [5.41, 5.74) is 4.09. The van der Waals surface area contributed by atoms with E-state index in [2.05, 4.69) is 4.98 Å². The van der Waals surface area contributed by atoms with Gasteiger partial charge in [-0.15, -0.1) is 0 Å². The van der Waals surface area contributed by atoms with E-state index in [4.69, 9.17) is 0 Å². The Morgan fingerprint density at radius 2 is 2.00 bits per heavy atom. The van der Waals surface area contributed by atoms with E-state index < -0.39 is 11.4 Å². The summed E-state index contributed by atoms with van der Waals surface area (Å²) in [5.74, 6) is -1.20. The highest BCUT2D eigenvalue weighted by molar-refractivity contribution is 5.93. The van der Waals surface area contributed by atoms with Crippen LogP contribution in [-0.2, 0) is 6.54 Å². The summed E-state index contributed by atoms with van der Waals surface area (Å²) < 4.78 is 1.80. The number of nitrogens with zero attached hydrogens (tertiary/aromatic N) is 2. The van der Waals surface area contributed by atoms with Gasteiger partial charge in [0.1, 0.15) is 5.56 Å². The third-order valence-electron chi connectivity index (χ3n) is 4.20. The lowest BCUT2D eigenvalue weighted by atomic mass is 9.99. The summed E-state index contributed by atoms with van der Waals surface area (Å²) in [6.45, 7) is 6.43. The van der Waals surface area contributed by atoms with Crippen molar-refractivity contribution in [1.82, 2.24) is 9.55 Å². The molecule has 0 amide bonds. The standard InChI is InChI=1S/C19H18N2O3/c1-4-21-10-16(19(23)24)18(22)14-6-5-13(8-17(14)21)15-7-12(3)20-9-11(15)2/h5-10H,4H2,1-3H3,(H,23,24). The first-order chi connectivity index (χ1) is 11.4. The van der Waals surface area contributed by atoms with Gasteiger partial charge in [0.25, 0.3) is 0 Å². The molecule has 0 saturated heterocycles. The van der Waals surface area contributed by atoms with Crippen LogP contribution in [0.5, 0.6) is 0 Å². The minimum absolute atomic E-state index is 0.201. The van der Waals surface area contributed by atoms with Gasteiger partial charge in [-0.1, -0.05) is 6.07 Å². The van der Waals surface area contributed by atoms with E-state index in [9.17, 15) is 14.7 Å². The summed E-state index contributed by atoms with van der Waals surface area (Å²) in [4.78, 5) is 28.0. The van der Waals surface area contributed by atoms with Crippen LogP contribution >= 0.6 is 0 Å². The quantitative estimate of drug-likeness (QED) is 0.802. The minimum Gasteiger partial charge on any atom is -0.477 e. The molecule has 0 bridgehead atoms. The van der Waals surface area contributed by atoms with Crippen molar-refractivity contribution in [1.29, 1.82) is 0 Å². The van der Waals surface area contributed by atoms with Crippen molar-refractivity contribution in [2.45, 2.75) is 27.3 Å². The van der Waals surface area contributed by atoms with E-state index in [-0.39, 0.29) is 5.56 Å². The predicted molar refractivity (Wildman–Crippen MR) is 93.5 cm³/mol. The molecule has 0 atom stereocenters. The molecule has 0 saturated carbocycles. The number of carboxylic acids is 1. The maximum absolute atomic E-state index is 12.4. The van der Waals surface area contributed by atoms with Crippen LogP contribution in [0.25, 0.3) is 22.0 Å². The zero-order valence-electron chi connectivity index (χ0n) is 13.8. The number of pyridine rings is 2. The highest BCUT2D eigenvalue weighted by Gasteiger charge is 2.15. The number of fused-ring (bicyclic) bond motifs is 1. The molecule has 5 heteroatoms. The SMILES string of the molecule is CCn1cc(C(=O)O)c(=O)c2ccc(-c3cc(C)ncc3C)cc21. The van der Waals surface area contributed by atoms with Crippen LogP contribution in [0, 0.1) is 13.8 Å². The maximum atomic E-state index is 12.4. The van der Waals surface area contributed by atoms with Crippen LogP contribution in [0.4, 0.5) is 0 Å². The number of rotatable bonds is 3. The highest BCUT2D eigenvalue weighted by Crippen LogP contribution is 2.26.